The molecular weight excluding hydrogens is 286 g/mol. The zero-order valence-electron chi connectivity index (χ0n) is 14.0. The fourth-order valence-corrected chi connectivity index (χ4v) is 3.00. The number of rotatable bonds is 4. The van der Waals surface area contributed by atoms with E-state index >= 15 is 0 Å². The van der Waals surface area contributed by atoms with Crippen LogP contribution in [-0.2, 0) is 0 Å². The van der Waals surface area contributed by atoms with E-state index in [-0.39, 0.29) is 0 Å². The van der Waals surface area contributed by atoms with E-state index in [4.69, 9.17) is 0 Å². The number of benzene rings is 1. The molecule has 5 nitrogen and oxygen atoms in total. The Labute approximate surface area is 137 Å². The minimum absolute atomic E-state index is 0.469. The molecule has 0 aliphatic heterocycles. The third-order valence-corrected chi connectivity index (χ3v) is 4.53. The van der Waals surface area contributed by atoms with Crippen LogP contribution in [0.1, 0.15) is 49.7 Å². The van der Waals surface area contributed by atoms with E-state index < -0.39 is 0 Å². The van der Waals surface area contributed by atoms with Crippen molar-refractivity contribution in [3.05, 3.63) is 35.5 Å². The summed E-state index contributed by atoms with van der Waals surface area (Å²) in [4.78, 5) is 4.55. The molecule has 1 aromatic heterocycles. The zero-order valence-corrected chi connectivity index (χ0v) is 14.0. The van der Waals surface area contributed by atoms with Gasteiger partial charge in [0.2, 0.25) is 5.95 Å². The van der Waals surface area contributed by atoms with Crippen molar-refractivity contribution in [3.8, 4) is 0 Å². The first-order valence-corrected chi connectivity index (χ1v) is 8.51. The maximum absolute atomic E-state index is 4.55. The fraction of sp³-hybridized carbons (Fsp3) is 0.500. The highest BCUT2D eigenvalue weighted by Crippen LogP contribution is 2.21. The van der Waals surface area contributed by atoms with E-state index in [2.05, 4.69) is 57.9 Å². The van der Waals surface area contributed by atoms with E-state index in [9.17, 15) is 0 Å². The van der Waals surface area contributed by atoms with Gasteiger partial charge in [-0.05, 0) is 49.9 Å². The summed E-state index contributed by atoms with van der Waals surface area (Å²) < 4.78 is 0. The van der Waals surface area contributed by atoms with Gasteiger partial charge in [0.15, 0.2) is 5.82 Å². The normalized spacial score (nSPS) is 15.9. The van der Waals surface area contributed by atoms with Crippen molar-refractivity contribution in [1.29, 1.82) is 0 Å². The van der Waals surface area contributed by atoms with E-state index in [0.717, 1.165) is 11.5 Å². The number of nitrogens with one attached hydrogen (secondary N) is 2. The van der Waals surface area contributed by atoms with Gasteiger partial charge < -0.3 is 10.6 Å². The van der Waals surface area contributed by atoms with E-state index in [1.807, 2.05) is 0 Å². The number of hydrogen-bond donors (Lipinski definition) is 2. The number of nitrogens with zero attached hydrogens (tertiary/aromatic N) is 3. The number of aromatic nitrogens is 3. The first kappa shape index (κ1) is 15.7. The summed E-state index contributed by atoms with van der Waals surface area (Å²) in [5, 5.41) is 14.9. The van der Waals surface area contributed by atoms with Crippen molar-refractivity contribution in [1.82, 2.24) is 15.2 Å². The smallest absolute Gasteiger partial charge is 0.244 e. The number of hydrogen-bond acceptors (Lipinski definition) is 5. The molecule has 0 spiro atoms. The Morgan fingerprint density at radius 1 is 1.00 bits per heavy atom. The lowest BCUT2D eigenvalue weighted by Gasteiger charge is -2.16. The largest absolute Gasteiger partial charge is 0.350 e. The van der Waals surface area contributed by atoms with Crippen LogP contribution in [0.2, 0.25) is 0 Å². The van der Waals surface area contributed by atoms with Gasteiger partial charge in [0.05, 0.1) is 6.20 Å². The van der Waals surface area contributed by atoms with Gasteiger partial charge in [0.1, 0.15) is 0 Å². The lowest BCUT2D eigenvalue weighted by atomic mass is 10.1. The molecule has 0 radical (unpaired) electrons. The Morgan fingerprint density at radius 3 is 2.52 bits per heavy atom. The maximum atomic E-state index is 4.55. The molecule has 122 valence electrons. The van der Waals surface area contributed by atoms with Crippen LogP contribution >= 0.6 is 0 Å². The molecule has 5 heteroatoms. The Morgan fingerprint density at radius 2 is 1.78 bits per heavy atom. The molecule has 0 unspecified atom stereocenters. The molecule has 23 heavy (non-hydrogen) atoms. The van der Waals surface area contributed by atoms with Crippen LogP contribution in [-0.4, -0.2) is 21.2 Å². The lowest BCUT2D eigenvalue weighted by Crippen LogP contribution is -2.20. The van der Waals surface area contributed by atoms with Gasteiger partial charge in [-0.3, -0.25) is 0 Å². The monoisotopic (exact) mass is 311 g/mol. The molecule has 1 aliphatic rings. The summed E-state index contributed by atoms with van der Waals surface area (Å²) in [6.45, 7) is 4.22. The predicted molar refractivity (Wildman–Crippen MR) is 94.1 cm³/mol. The highest BCUT2D eigenvalue weighted by Gasteiger charge is 2.13. The average Bonchev–Trinajstić information content (AvgIpc) is 2.80. The second kappa shape index (κ2) is 7.40. The minimum Gasteiger partial charge on any atom is -0.350 e. The van der Waals surface area contributed by atoms with Gasteiger partial charge in [0.25, 0.3) is 0 Å². The fourth-order valence-electron chi connectivity index (χ4n) is 3.00. The predicted octanol–water partition coefficient (Wildman–Crippen LogP) is 4.37. The summed E-state index contributed by atoms with van der Waals surface area (Å²) in [6.07, 6.45) is 9.29. The van der Waals surface area contributed by atoms with Gasteiger partial charge in [0, 0.05) is 11.7 Å². The summed E-state index contributed by atoms with van der Waals surface area (Å²) >= 11 is 0. The van der Waals surface area contributed by atoms with Crippen molar-refractivity contribution in [2.45, 2.75) is 58.4 Å². The average molecular weight is 311 g/mol. The molecule has 1 saturated carbocycles. The molecule has 2 N–H and O–H groups in total. The van der Waals surface area contributed by atoms with Crippen molar-refractivity contribution in [3.63, 3.8) is 0 Å². The van der Waals surface area contributed by atoms with Crippen molar-refractivity contribution in [2.75, 3.05) is 10.6 Å². The third-order valence-electron chi connectivity index (χ3n) is 4.53. The van der Waals surface area contributed by atoms with Crippen molar-refractivity contribution in [2.24, 2.45) is 0 Å². The molecule has 3 rings (SSSR count). The summed E-state index contributed by atoms with van der Waals surface area (Å²) in [6, 6.07) is 6.76. The Kier molecular flexibility index (Phi) is 5.05. The van der Waals surface area contributed by atoms with Gasteiger partial charge in [-0.2, -0.15) is 10.1 Å². The second-order valence-electron chi connectivity index (χ2n) is 6.42. The number of anilines is 3. The SMILES string of the molecule is Cc1ccc(Nc2cnnc(NC3CCCCCC3)n2)cc1C. The zero-order chi connectivity index (χ0) is 16.1. The van der Waals surface area contributed by atoms with Crippen LogP contribution in [0.15, 0.2) is 24.4 Å². The van der Waals surface area contributed by atoms with Gasteiger partial charge in [-0.15, -0.1) is 5.10 Å². The number of aryl methyl sites for hydroxylation is 2. The summed E-state index contributed by atoms with van der Waals surface area (Å²) in [5.74, 6) is 1.34. The van der Waals surface area contributed by atoms with Crippen LogP contribution in [0.4, 0.5) is 17.5 Å². The topological polar surface area (TPSA) is 62.7 Å². The first-order chi connectivity index (χ1) is 11.2. The molecule has 1 aromatic carbocycles. The molecule has 2 aromatic rings. The Balaban J connectivity index is 1.67. The van der Waals surface area contributed by atoms with Crippen molar-refractivity contribution >= 4 is 17.5 Å². The van der Waals surface area contributed by atoms with Crippen LogP contribution in [0.5, 0.6) is 0 Å². The molecule has 0 atom stereocenters. The van der Waals surface area contributed by atoms with E-state index in [1.165, 1.54) is 49.7 Å². The van der Waals surface area contributed by atoms with Gasteiger partial charge >= 0.3 is 0 Å². The first-order valence-electron chi connectivity index (χ1n) is 8.51. The molecule has 0 bridgehead atoms. The van der Waals surface area contributed by atoms with Crippen LogP contribution < -0.4 is 10.6 Å². The molecule has 1 fully saturated rings. The van der Waals surface area contributed by atoms with Crippen LogP contribution in [0.25, 0.3) is 0 Å². The summed E-state index contributed by atoms with van der Waals surface area (Å²) in [5.41, 5.74) is 3.56. The quantitative estimate of drug-likeness (QED) is 0.821. The van der Waals surface area contributed by atoms with Crippen molar-refractivity contribution < 1.29 is 0 Å². The highest BCUT2D eigenvalue weighted by atomic mass is 15.3. The molecule has 1 aliphatic carbocycles. The third kappa shape index (κ3) is 4.41. The highest BCUT2D eigenvalue weighted by molar-refractivity contribution is 5.58. The van der Waals surface area contributed by atoms with Crippen LogP contribution in [0, 0.1) is 13.8 Å². The molecular formula is C18H25N5. The molecule has 1 heterocycles. The second-order valence-corrected chi connectivity index (χ2v) is 6.42. The molecule has 0 amide bonds. The molecule has 0 saturated heterocycles. The summed E-state index contributed by atoms with van der Waals surface area (Å²) in [7, 11) is 0. The van der Waals surface area contributed by atoms with Gasteiger partial charge in [-0.25, -0.2) is 0 Å². The Bertz CT molecular complexity index is 648. The minimum atomic E-state index is 0.469. The Hall–Kier alpha value is -2.17. The van der Waals surface area contributed by atoms with E-state index in [1.54, 1.807) is 6.20 Å². The van der Waals surface area contributed by atoms with Gasteiger partial charge in [-0.1, -0.05) is 31.7 Å². The van der Waals surface area contributed by atoms with E-state index in [0.29, 0.717) is 12.0 Å². The van der Waals surface area contributed by atoms with Crippen LogP contribution in [0.3, 0.4) is 0 Å². The standard InChI is InChI=1S/C18H25N5/c1-13-9-10-16(11-14(13)2)20-17-12-19-23-18(22-17)21-15-7-5-3-4-6-8-15/h9-12,15H,3-8H2,1-2H3,(H2,20,21,22,23). The lowest BCUT2D eigenvalue weighted by molar-refractivity contribution is 0.613. The maximum Gasteiger partial charge on any atom is 0.244 e.